The van der Waals surface area contributed by atoms with Gasteiger partial charge in [-0.1, -0.05) is 6.07 Å². The number of benzene rings is 2. The van der Waals surface area contributed by atoms with Crippen molar-refractivity contribution < 1.29 is 27.4 Å². The lowest BCUT2D eigenvalue weighted by Crippen LogP contribution is -2.32. The Labute approximate surface area is 195 Å². The third-order valence-corrected chi connectivity index (χ3v) is 8.03. The number of ether oxygens (including phenoxy) is 3. The minimum Gasteiger partial charge on any atom is -0.497 e. The minimum atomic E-state index is -3.62. The molecule has 0 saturated carbocycles. The van der Waals surface area contributed by atoms with Crippen LogP contribution in [-0.4, -0.2) is 64.0 Å². The van der Waals surface area contributed by atoms with E-state index in [0.717, 1.165) is 29.9 Å². The lowest BCUT2D eigenvalue weighted by Gasteiger charge is -2.27. The molecule has 4 rings (SSSR count). The van der Waals surface area contributed by atoms with Gasteiger partial charge in [-0.05, 0) is 61.2 Å². The molecule has 0 aliphatic carbocycles. The Kier molecular flexibility index (Phi) is 7.09. The van der Waals surface area contributed by atoms with Gasteiger partial charge in [0.25, 0.3) is 0 Å². The molecular weight excluding hydrogens is 444 g/mol. The molecule has 1 saturated heterocycles. The molecule has 2 aliphatic rings. The summed E-state index contributed by atoms with van der Waals surface area (Å²) in [5.41, 5.74) is 1.05. The minimum absolute atomic E-state index is 0.00841. The number of carbonyl (C=O) groups excluding carboxylic acids is 1. The predicted octanol–water partition coefficient (Wildman–Crippen LogP) is 3.23. The summed E-state index contributed by atoms with van der Waals surface area (Å²) in [6.45, 7) is 2.04. The van der Waals surface area contributed by atoms with Crippen LogP contribution in [0.15, 0.2) is 47.4 Å². The van der Waals surface area contributed by atoms with Crippen molar-refractivity contribution in [1.82, 2.24) is 9.21 Å². The second-order valence-electron chi connectivity index (χ2n) is 8.25. The van der Waals surface area contributed by atoms with Crippen molar-refractivity contribution >= 4 is 15.9 Å². The summed E-state index contributed by atoms with van der Waals surface area (Å²) in [6, 6.07) is 12.2. The molecule has 1 amide bonds. The molecule has 1 fully saturated rings. The molecule has 0 radical (unpaired) electrons. The second kappa shape index (κ2) is 10.0. The van der Waals surface area contributed by atoms with E-state index in [4.69, 9.17) is 14.2 Å². The molecule has 178 valence electrons. The van der Waals surface area contributed by atoms with Crippen molar-refractivity contribution in [3.8, 4) is 17.2 Å². The van der Waals surface area contributed by atoms with Gasteiger partial charge in [0.15, 0.2) is 11.5 Å². The maximum absolute atomic E-state index is 13.0. The molecule has 33 heavy (non-hydrogen) atoms. The summed E-state index contributed by atoms with van der Waals surface area (Å²) in [6.07, 6.45) is 2.59. The van der Waals surface area contributed by atoms with Crippen LogP contribution in [0.5, 0.6) is 17.2 Å². The lowest BCUT2D eigenvalue weighted by atomic mass is 10.0. The number of hydrogen-bond donors (Lipinski definition) is 0. The zero-order valence-electron chi connectivity index (χ0n) is 19.0. The molecule has 0 bridgehead atoms. The number of fused-ring (bicyclic) bond motifs is 1. The quantitative estimate of drug-likeness (QED) is 0.584. The number of amides is 1. The van der Waals surface area contributed by atoms with Gasteiger partial charge in [0.1, 0.15) is 19.0 Å². The third kappa shape index (κ3) is 5.09. The van der Waals surface area contributed by atoms with Gasteiger partial charge in [0, 0.05) is 26.6 Å². The topological polar surface area (TPSA) is 85.4 Å². The van der Waals surface area contributed by atoms with Gasteiger partial charge in [0.05, 0.1) is 18.0 Å². The van der Waals surface area contributed by atoms with E-state index in [1.54, 1.807) is 12.1 Å². The van der Waals surface area contributed by atoms with Crippen LogP contribution in [0.2, 0.25) is 0 Å². The zero-order chi connectivity index (χ0) is 23.4. The van der Waals surface area contributed by atoms with E-state index in [2.05, 4.69) is 0 Å². The zero-order valence-corrected chi connectivity index (χ0v) is 19.8. The van der Waals surface area contributed by atoms with Crippen LogP contribution in [0.25, 0.3) is 0 Å². The number of nitrogens with zero attached hydrogens (tertiary/aromatic N) is 2. The summed E-state index contributed by atoms with van der Waals surface area (Å²) < 4.78 is 43.2. The first-order valence-corrected chi connectivity index (χ1v) is 12.6. The van der Waals surface area contributed by atoms with Crippen molar-refractivity contribution in [2.75, 3.05) is 40.5 Å². The van der Waals surface area contributed by atoms with E-state index in [9.17, 15) is 13.2 Å². The average molecular weight is 475 g/mol. The highest BCUT2D eigenvalue weighted by Gasteiger charge is 2.31. The molecule has 1 atom stereocenters. The lowest BCUT2D eigenvalue weighted by molar-refractivity contribution is -0.132. The fourth-order valence-electron chi connectivity index (χ4n) is 4.32. The van der Waals surface area contributed by atoms with Gasteiger partial charge in [-0.15, -0.1) is 0 Å². The second-order valence-corrected chi connectivity index (χ2v) is 10.3. The van der Waals surface area contributed by atoms with Crippen molar-refractivity contribution in [3.63, 3.8) is 0 Å². The summed E-state index contributed by atoms with van der Waals surface area (Å²) in [4.78, 5) is 15.1. The highest BCUT2D eigenvalue weighted by molar-refractivity contribution is 7.89. The van der Waals surface area contributed by atoms with Crippen LogP contribution in [0.3, 0.4) is 0 Å². The molecule has 0 unspecified atom stereocenters. The largest absolute Gasteiger partial charge is 0.497 e. The van der Waals surface area contributed by atoms with Crippen LogP contribution in [-0.2, 0) is 14.8 Å². The van der Waals surface area contributed by atoms with E-state index in [1.807, 2.05) is 23.1 Å². The van der Waals surface area contributed by atoms with Crippen LogP contribution >= 0.6 is 0 Å². The Bertz CT molecular complexity index is 1090. The Balaban J connectivity index is 1.34. The Hall–Kier alpha value is -2.78. The molecular formula is C24H30N2O6S. The van der Waals surface area contributed by atoms with Crippen molar-refractivity contribution in [2.45, 2.75) is 36.6 Å². The maximum atomic E-state index is 13.0. The van der Waals surface area contributed by atoms with Crippen LogP contribution in [0, 0.1) is 0 Å². The Morgan fingerprint density at radius 1 is 1.12 bits per heavy atom. The van der Waals surface area contributed by atoms with Gasteiger partial charge in [0.2, 0.25) is 15.9 Å². The first-order chi connectivity index (χ1) is 15.9. The fourth-order valence-corrected chi connectivity index (χ4v) is 5.53. The first kappa shape index (κ1) is 23.4. The van der Waals surface area contributed by atoms with Gasteiger partial charge in [-0.2, -0.15) is 0 Å². The smallest absolute Gasteiger partial charge is 0.242 e. The summed E-state index contributed by atoms with van der Waals surface area (Å²) in [7, 11) is -0.544. The van der Waals surface area contributed by atoms with E-state index >= 15 is 0 Å². The first-order valence-electron chi connectivity index (χ1n) is 11.2. The third-order valence-electron chi connectivity index (χ3n) is 6.16. The number of hydrogen-bond acceptors (Lipinski definition) is 6. The number of sulfonamides is 1. The van der Waals surface area contributed by atoms with E-state index in [1.165, 1.54) is 30.6 Å². The number of rotatable bonds is 8. The van der Waals surface area contributed by atoms with Gasteiger partial charge in [-0.25, -0.2) is 12.7 Å². The van der Waals surface area contributed by atoms with Gasteiger partial charge >= 0.3 is 0 Å². The molecule has 2 heterocycles. The fraction of sp³-hybridized carbons (Fsp3) is 0.458. The molecule has 8 nitrogen and oxygen atoms in total. The van der Waals surface area contributed by atoms with Crippen LogP contribution in [0.1, 0.15) is 37.3 Å². The van der Waals surface area contributed by atoms with Gasteiger partial charge in [-0.3, -0.25) is 4.79 Å². The molecule has 0 N–H and O–H groups in total. The maximum Gasteiger partial charge on any atom is 0.242 e. The van der Waals surface area contributed by atoms with Crippen molar-refractivity contribution in [1.29, 1.82) is 0 Å². The molecule has 9 heteroatoms. The Morgan fingerprint density at radius 2 is 1.85 bits per heavy atom. The summed E-state index contributed by atoms with van der Waals surface area (Å²) >= 11 is 0. The van der Waals surface area contributed by atoms with E-state index < -0.39 is 10.0 Å². The average Bonchev–Trinajstić information content (AvgIpc) is 3.34. The molecule has 2 aliphatic heterocycles. The normalized spacial score (nSPS) is 17.9. The van der Waals surface area contributed by atoms with E-state index in [0.29, 0.717) is 38.3 Å². The van der Waals surface area contributed by atoms with Crippen LogP contribution in [0.4, 0.5) is 0 Å². The number of likely N-dealkylation sites (tertiary alicyclic amines) is 1. The molecule has 0 aromatic heterocycles. The monoisotopic (exact) mass is 474 g/mol. The highest BCUT2D eigenvalue weighted by Crippen LogP contribution is 2.38. The van der Waals surface area contributed by atoms with Crippen LogP contribution < -0.4 is 14.2 Å². The SMILES string of the molecule is COc1ccc(S(=O)(=O)N(C)CCCC(=O)N2CCC[C@@H]2c2ccc3c(c2)OCCO3)cc1. The number of carbonyl (C=O) groups is 1. The summed E-state index contributed by atoms with van der Waals surface area (Å²) in [5, 5.41) is 0. The molecule has 0 spiro atoms. The standard InChI is InChI=1S/C24H30N2O6S/c1-25(33(28,29)20-10-8-19(30-2)9-11-20)13-4-6-24(27)26-14-3-5-21(26)18-7-12-22-23(17-18)32-16-15-31-22/h7-12,17,21H,3-6,13-16H2,1-2H3/t21-/m1/s1. The number of methoxy groups -OCH3 is 1. The molecule has 2 aromatic carbocycles. The van der Waals surface area contributed by atoms with E-state index in [-0.39, 0.29) is 23.4 Å². The highest BCUT2D eigenvalue weighted by atomic mass is 32.2. The molecule has 2 aromatic rings. The summed E-state index contributed by atoms with van der Waals surface area (Å²) in [5.74, 6) is 2.11. The van der Waals surface area contributed by atoms with Crippen molar-refractivity contribution in [3.05, 3.63) is 48.0 Å². The predicted molar refractivity (Wildman–Crippen MR) is 123 cm³/mol. The Morgan fingerprint density at radius 3 is 2.58 bits per heavy atom. The van der Waals surface area contributed by atoms with Gasteiger partial charge < -0.3 is 19.1 Å². The van der Waals surface area contributed by atoms with Crippen molar-refractivity contribution in [2.24, 2.45) is 0 Å².